The summed E-state index contributed by atoms with van der Waals surface area (Å²) >= 11 is 3.49. The van der Waals surface area contributed by atoms with Gasteiger partial charge < -0.3 is 10.2 Å². The number of hydrogen-bond donors (Lipinski definition) is 1. The molecule has 124 valence electrons. The molecule has 1 spiro atoms. The number of halogens is 1. The third-order valence-corrected chi connectivity index (χ3v) is 5.37. The summed E-state index contributed by atoms with van der Waals surface area (Å²) in [6, 6.07) is 5.83. The van der Waals surface area contributed by atoms with Crippen LogP contribution in [0.25, 0.3) is 0 Å². The molecule has 2 aromatic rings. The van der Waals surface area contributed by atoms with E-state index in [9.17, 15) is 9.59 Å². The highest BCUT2D eigenvalue weighted by molar-refractivity contribution is 9.10. The van der Waals surface area contributed by atoms with Crippen LogP contribution in [0.2, 0.25) is 0 Å². The van der Waals surface area contributed by atoms with Crippen LogP contribution in [-0.2, 0) is 15.0 Å². The Morgan fingerprint density at radius 2 is 2.04 bits per heavy atom. The minimum absolute atomic E-state index is 0.0837. The van der Waals surface area contributed by atoms with Crippen molar-refractivity contribution < 1.29 is 9.59 Å². The van der Waals surface area contributed by atoms with Gasteiger partial charge in [-0.1, -0.05) is 15.9 Å². The lowest BCUT2D eigenvalue weighted by molar-refractivity contribution is -0.126. The van der Waals surface area contributed by atoms with Crippen LogP contribution in [0.3, 0.4) is 0 Å². The molecule has 0 radical (unpaired) electrons. The maximum atomic E-state index is 13.2. The van der Waals surface area contributed by atoms with Gasteiger partial charge >= 0.3 is 0 Å². The fraction of sp³-hybridized carbons (Fsp3) is 0.353. The lowest BCUT2D eigenvalue weighted by atomic mass is 9.72. The van der Waals surface area contributed by atoms with Crippen LogP contribution in [0.1, 0.15) is 37.4 Å². The normalized spacial score (nSPS) is 22.1. The molecule has 2 amide bonds. The van der Waals surface area contributed by atoms with Crippen molar-refractivity contribution >= 4 is 39.2 Å². The molecule has 7 heteroatoms. The van der Waals surface area contributed by atoms with E-state index in [1.807, 2.05) is 32.0 Å². The predicted octanol–water partition coefficient (Wildman–Crippen LogP) is 2.83. The standard InChI is InChI=1S/C17H17BrN4O2/c1-9(2)22-15-12(8-19-22)17(7-14(23)20-15)11-6-10(18)4-5-13(11)21(3)16(17)24/h4-6,8-9H,7H2,1-3H3,(H,20,23)/t17-/m0/s1. The van der Waals surface area contributed by atoms with E-state index in [-0.39, 0.29) is 24.3 Å². The number of hydrogen-bond acceptors (Lipinski definition) is 3. The van der Waals surface area contributed by atoms with Gasteiger partial charge in [0.25, 0.3) is 0 Å². The molecule has 0 unspecified atom stereocenters. The van der Waals surface area contributed by atoms with Crippen LogP contribution in [-0.4, -0.2) is 28.6 Å². The van der Waals surface area contributed by atoms with Gasteiger partial charge in [-0.25, -0.2) is 4.68 Å². The molecule has 0 aliphatic carbocycles. The zero-order chi connectivity index (χ0) is 17.2. The average molecular weight is 389 g/mol. The largest absolute Gasteiger partial charge is 0.314 e. The Labute approximate surface area is 148 Å². The number of rotatable bonds is 1. The second kappa shape index (κ2) is 4.92. The van der Waals surface area contributed by atoms with Crippen molar-refractivity contribution in [3.8, 4) is 0 Å². The molecule has 1 aromatic carbocycles. The summed E-state index contributed by atoms with van der Waals surface area (Å²) < 4.78 is 2.64. The molecule has 3 heterocycles. The Kier molecular flexibility index (Phi) is 3.16. The highest BCUT2D eigenvalue weighted by atomic mass is 79.9. The van der Waals surface area contributed by atoms with Crippen molar-refractivity contribution in [1.29, 1.82) is 0 Å². The summed E-state index contributed by atoms with van der Waals surface area (Å²) in [5.74, 6) is 0.366. The molecule has 0 bridgehead atoms. The van der Waals surface area contributed by atoms with E-state index in [1.165, 1.54) is 0 Å². The average Bonchev–Trinajstić information content (AvgIpc) is 3.03. The maximum Gasteiger partial charge on any atom is 0.242 e. The number of aromatic nitrogens is 2. The molecular weight excluding hydrogens is 372 g/mol. The molecular formula is C17H17BrN4O2. The lowest BCUT2D eigenvalue weighted by Crippen LogP contribution is -2.45. The van der Waals surface area contributed by atoms with Gasteiger partial charge in [0.1, 0.15) is 11.2 Å². The molecule has 1 N–H and O–H groups in total. The highest BCUT2D eigenvalue weighted by Crippen LogP contribution is 2.52. The quantitative estimate of drug-likeness (QED) is 0.816. The van der Waals surface area contributed by atoms with Crippen molar-refractivity contribution in [1.82, 2.24) is 9.78 Å². The minimum Gasteiger partial charge on any atom is -0.314 e. The number of carbonyl (C=O) groups excluding carboxylic acids is 2. The van der Waals surface area contributed by atoms with Crippen molar-refractivity contribution in [2.24, 2.45) is 0 Å². The molecule has 2 aliphatic rings. The zero-order valence-electron chi connectivity index (χ0n) is 13.6. The zero-order valence-corrected chi connectivity index (χ0v) is 15.2. The van der Waals surface area contributed by atoms with Crippen molar-refractivity contribution in [3.05, 3.63) is 40.0 Å². The van der Waals surface area contributed by atoms with Crippen molar-refractivity contribution in [2.75, 3.05) is 17.3 Å². The van der Waals surface area contributed by atoms with Crippen LogP contribution < -0.4 is 10.2 Å². The van der Waals surface area contributed by atoms with E-state index in [2.05, 4.69) is 26.3 Å². The maximum absolute atomic E-state index is 13.2. The van der Waals surface area contributed by atoms with Gasteiger partial charge in [-0.3, -0.25) is 9.59 Å². The smallest absolute Gasteiger partial charge is 0.242 e. The van der Waals surface area contributed by atoms with Crippen LogP contribution in [0.4, 0.5) is 11.5 Å². The highest BCUT2D eigenvalue weighted by Gasteiger charge is 2.56. The number of anilines is 2. The van der Waals surface area contributed by atoms with Gasteiger partial charge in [-0.05, 0) is 37.6 Å². The van der Waals surface area contributed by atoms with Gasteiger partial charge in [0, 0.05) is 35.2 Å². The van der Waals surface area contributed by atoms with E-state index in [0.29, 0.717) is 5.82 Å². The Morgan fingerprint density at radius 3 is 2.75 bits per heavy atom. The van der Waals surface area contributed by atoms with Crippen LogP contribution in [0.5, 0.6) is 0 Å². The SMILES string of the molecule is CC(C)n1ncc2c1NC(=O)C[C@@]21C(=O)N(C)c2ccc(Br)cc21. The second-order valence-corrected chi connectivity index (χ2v) is 7.52. The molecule has 1 atom stereocenters. The lowest BCUT2D eigenvalue weighted by Gasteiger charge is -2.32. The fourth-order valence-electron chi connectivity index (χ4n) is 3.79. The number of nitrogens with one attached hydrogen (secondary N) is 1. The van der Waals surface area contributed by atoms with E-state index < -0.39 is 5.41 Å². The first-order valence-corrected chi connectivity index (χ1v) is 8.61. The van der Waals surface area contributed by atoms with Gasteiger partial charge in [0.05, 0.1) is 6.20 Å². The van der Waals surface area contributed by atoms with E-state index in [0.717, 1.165) is 21.3 Å². The number of nitrogens with zero attached hydrogens (tertiary/aromatic N) is 3. The Morgan fingerprint density at radius 1 is 1.29 bits per heavy atom. The summed E-state index contributed by atoms with van der Waals surface area (Å²) in [6.07, 6.45) is 1.81. The summed E-state index contributed by atoms with van der Waals surface area (Å²) in [7, 11) is 1.75. The molecule has 0 fully saturated rings. The van der Waals surface area contributed by atoms with Crippen LogP contribution >= 0.6 is 15.9 Å². The third kappa shape index (κ3) is 1.79. The molecule has 0 saturated carbocycles. The number of amides is 2. The molecule has 0 saturated heterocycles. The van der Waals surface area contributed by atoms with Gasteiger partial charge in [-0.15, -0.1) is 0 Å². The Hall–Kier alpha value is -2.15. The van der Waals surface area contributed by atoms with Crippen LogP contribution in [0, 0.1) is 0 Å². The van der Waals surface area contributed by atoms with Gasteiger partial charge in [0.2, 0.25) is 11.8 Å². The Bertz CT molecular complexity index is 889. The first-order chi connectivity index (χ1) is 11.4. The first-order valence-electron chi connectivity index (χ1n) is 7.82. The Balaban J connectivity index is 2.05. The second-order valence-electron chi connectivity index (χ2n) is 6.60. The van der Waals surface area contributed by atoms with Crippen LogP contribution in [0.15, 0.2) is 28.9 Å². The predicted molar refractivity (Wildman–Crippen MR) is 94.2 cm³/mol. The summed E-state index contributed by atoms with van der Waals surface area (Å²) in [5.41, 5.74) is 1.45. The van der Waals surface area contributed by atoms with Crippen molar-refractivity contribution in [2.45, 2.75) is 31.7 Å². The summed E-state index contributed by atoms with van der Waals surface area (Å²) in [6.45, 7) is 3.99. The number of likely N-dealkylation sites (N-methyl/N-ethyl adjacent to an activating group) is 1. The molecule has 1 aromatic heterocycles. The number of benzene rings is 1. The van der Waals surface area contributed by atoms with Gasteiger partial charge in [-0.2, -0.15) is 5.10 Å². The van der Waals surface area contributed by atoms with Gasteiger partial charge in [0.15, 0.2) is 0 Å². The monoisotopic (exact) mass is 388 g/mol. The fourth-order valence-corrected chi connectivity index (χ4v) is 4.15. The molecule has 2 aliphatic heterocycles. The topological polar surface area (TPSA) is 67.2 Å². The number of fused-ring (bicyclic) bond motifs is 4. The van der Waals surface area contributed by atoms with E-state index in [4.69, 9.17) is 0 Å². The first kappa shape index (κ1) is 15.4. The molecule has 4 rings (SSSR count). The summed E-state index contributed by atoms with van der Waals surface area (Å²) in [5, 5.41) is 7.33. The third-order valence-electron chi connectivity index (χ3n) is 4.88. The molecule has 6 nitrogen and oxygen atoms in total. The summed E-state index contributed by atoms with van der Waals surface area (Å²) in [4.78, 5) is 27.3. The molecule has 24 heavy (non-hydrogen) atoms. The van der Waals surface area contributed by atoms with E-state index >= 15 is 0 Å². The van der Waals surface area contributed by atoms with Crippen molar-refractivity contribution in [3.63, 3.8) is 0 Å². The number of carbonyl (C=O) groups is 2. The minimum atomic E-state index is -1.00. The van der Waals surface area contributed by atoms with E-state index in [1.54, 1.807) is 22.8 Å².